The first-order valence-corrected chi connectivity index (χ1v) is 12.4. The molecule has 0 spiro atoms. The van der Waals surface area contributed by atoms with Crippen molar-refractivity contribution in [1.29, 1.82) is 5.26 Å². The standard InChI is InChI=1S/C28H28N2O.C2H2O4/c29-19-21-8-7-9-22(18-21)20-31-28-25-14-16-30(17-15-25)27(28)26(23-10-3-1-4-11-23)24-12-5-2-6-13-24;3-1(4)2(5)6/h1-13,18,25-28H,14-17,20H2;(H,3,4)(H,5,6)/t27-,28-;/m1./s1. The van der Waals surface area contributed by atoms with Crippen molar-refractivity contribution in [2.75, 3.05) is 13.1 Å². The van der Waals surface area contributed by atoms with Gasteiger partial charge in [-0.2, -0.15) is 5.26 Å². The van der Waals surface area contributed by atoms with Crippen LogP contribution in [0.15, 0.2) is 84.9 Å². The van der Waals surface area contributed by atoms with Gasteiger partial charge in [0.05, 0.1) is 24.3 Å². The lowest BCUT2D eigenvalue weighted by atomic mass is 9.72. The van der Waals surface area contributed by atoms with Gasteiger partial charge in [-0.3, -0.25) is 4.90 Å². The number of rotatable bonds is 6. The Bertz CT molecular complexity index is 1180. The molecule has 6 rings (SSSR count). The van der Waals surface area contributed by atoms with E-state index in [1.54, 1.807) is 0 Å². The second-order valence-corrected chi connectivity index (χ2v) is 9.36. The SMILES string of the molecule is N#Cc1cccc(CO[C@@H]2C3CCN(CC3)[C@@H]2C(c2ccccc2)c2ccccc2)c1.O=C(O)C(=O)O. The van der Waals surface area contributed by atoms with Gasteiger partial charge in [0.15, 0.2) is 0 Å². The van der Waals surface area contributed by atoms with Crippen LogP contribution in [0, 0.1) is 17.2 Å². The van der Waals surface area contributed by atoms with Crippen molar-refractivity contribution < 1.29 is 24.5 Å². The van der Waals surface area contributed by atoms with E-state index in [9.17, 15) is 5.26 Å². The Morgan fingerprint density at radius 2 is 1.46 bits per heavy atom. The molecule has 3 heterocycles. The summed E-state index contributed by atoms with van der Waals surface area (Å²) in [5.74, 6) is -2.78. The van der Waals surface area contributed by atoms with Crippen LogP contribution in [0.1, 0.15) is 41.0 Å². The van der Waals surface area contributed by atoms with Crippen LogP contribution in [0.2, 0.25) is 0 Å². The zero-order valence-electron chi connectivity index (χ0n) is 20.4. The van der Waals surface area contributed by atoms with Crippen molar-refractivity contribution in [1.82, 2.24) is 4.90 Å². The van der Waals surface area contributed by atoms with E-state index in [1.807, 2.05) is 18.2 Å². The van der Waals surface area contributed by atoms with Crippen LogP contribution in [-0.4, -0.2) is 52.3 Å². The minimum Gasteiger partial charge on any atom is -0.473 e. The monoisotopic (exact) mass is 498 g/mol. The van der Waals surface area contributed by atoms with E-state index in [0.717, 1.165) is 18.7 Å². The van der Waals surface area contributed by atoms with Crippen molar-refractivity contribution in [3.8, 4) is 6.07 Å². The van der Waals surface area contributed by atoms with E-state index in [1.165, 1.54) is 24.0 Å². The zero-order valence-corrected chi connectivity index (χ0v) is 20.4. The molecule has 7 heteroatoms. The van der Waals surface area contributed by atoms with Gasteiger partial charge in [-0.1, -0.05) is 72.8 Å². The third-order valence-corrected chi connectivity index (χ3v) is 7.14. The number of fused-ring (bicyclic) bond motifs is 3. The first-order valence-electron chi connectivity index (χ1n) is 12.4. The number of benzene rings is 3. The lowest BCUT2D eigenvalue weighted by Crippen LogP contribution is -2.60. The number of ether oxygens (including phenoxy) is 1. The smallest absolute Gasteiger partial charge is 0.414 e. The van der Waals surface area contributed by atoms with Crippen LogP contribution in [0.3, 0.4) is 0 Å². The molecule has 3 aliphatic heterocycles. The van der Waals surface area contributed by atoms with Crippen LogP contribution in [0.5, 0.6) is 0 Å². The molecule has 0 amide bonds. The Balaban J connectivity index is 0.000000480. The molecule has 0 radical (unpaired) electrons. The number of carboxylic acids is 2. The van der Waals surface area contributed by atoms with Crippen LogP contribution >= 0.6 is 0 Å². The maximum Gasteiger partial charge on any atom is 0.414 e. The van der Waals surface area contributed by atoms with Gasteiger partial charge in [-0.05, 0) is 60.7 Å². The molecule has 0 unspecified atom stereocenters. The van der Waals surface area contributed by atoms with Gasteiger partial charge >= 0.3 is 11.9 Å². The van der Waals surface area contributed by atoms with E-state index in [0.29, 0.717) is 24.1 Å². The van der Waals surface area contributed by atoms with Gasteiger partial charge < -0.3 is 14.9 Å². The number of piperidine rings is 3. The minimum absolute atomic E-state index is 0.179. The molecule has 3 saturated heterocycles. The summed E-state index contributed by atoms with van der Waals surface area (Å²) < 4.78 is 6.69. The molecule has 37 heavy (non-hydrogen) atoms. The Morgan fingerprint density at radius 3 is 1.97 bits per heavy atom. The van der Waals surface area contributed by atoms with E-state index in [2.05, 4.69) is 77.7 Å². The van der Waals surface area contributed by atoms with Gasteiger partial charge in [-0.15, -0.1) is 0 Å². The Kier molecular flexibility index (Phi) is 8.68. The summed E-state index contributed by atoms with van der Waals surface area (Å²) in [6.07, 6.45) is 2.59. The van der Waals surface area contributed by atoms with Gasteiger partial charge in [-0.25, -0.2) is 9.59 Å². The first kappa shape index (κ1) is 26.1. The molecule has 7 nitrogen and oxygen atoms in total. The molecule has 0 aromatic heterocycles. The lowest BCUT2D eigenvalue weighted by Gasteiger charge is -2.53. The summed E-state index contributed by atoms with van der Waals surface area (Å²) >= 11 is 0. The first-order chi connectivity index (χ1) is 18.0. The van der Waals surface area contributed by atoms with Crippen LogP contribution in [0.4, 0.5) is 0 Å². The molecule has 2 N–H and O–H groups in total. The molecule has 3 aliphatic rings. The van der Waals surface area contributed by atoms with E-state index >= 15 is 0 Å². The average Bonchev–Trinajstić information content (AvgIpc) is 2.94. The summed E-state index contributed by atoms with van der Waals surface area (Å²) in [6.45, 7) is 2.85. The summed E-state index contributed by atoms with van der Waals surface area (Å²) in [5, 5.41) is 24.0. The Morgan fingerprint density at radius 1 is 0.892 bits per heavy atom. The van der Waals surface area contributed by atoms with Gasteiger partial charge in [0.25, 0.3) is 0 Å². The number of aliphatic carboxylic acids is 2. The van der Waals surface area contributed by atoms with E-state index in [4.69, 9.17) is 24.5 Å². The highest BCUT2D eigenvalue weighted by Gasteiger charge is 2.47. The highest BCUT2D eigenvalue weighted by atomic mass is 16.5. The molecular formula is C30H30N2O5. The number of nitriles is 1. The van der Waals surface area contributed by atoms with Crippen LogP contribution < -0.4 is 0 Å². The summed E-state index contributed by atoms with van der Waals surface area (Å²) in [4.78, 5) is 20.9. The third-order valence-electron chi connectivity index (χ3n) is 7.14. The van der Waals surface area contributed by atoms with Crippen LogP contribution in [0.25, 0.3) is 0 Å². The second kappa shape index (κ2) is 12.3. The number of carbonyl (C=O) groups is 2. The van der Waals surface area contributed by atoms with Crippen molar-refractivity contribution in [3.05, 3.63) is 107 Å². The molecule has 0 aliphatic carbocycles. The molecule has 3 aromatic carbocycles. The highest BCUT2D eigenvalue weighted by Crippen LogP contribution is 2.43. The topological polar surface area (TPSA) is 111 Å². The fourth-order valence-corrected chi connectivity index (χ4v) is 5.50. The summed E-state index contributed by atoms with van der Waals surface area (Å²) in [5.41, 5.74) is 4.47. The maximum absolute atomic E-state index is 9.23. The molecule has 190 valence electrons. The third kappa shape index (κ3) is 6.42. The van der Waals surface area contributed by atoms with Crippen LogP contribution in [-0.2, 0) is 20.9 Å². The quantitative estimate of drug-likeness (QED) is 0.481. The Labute approximate surface area is 216 Å². The summed E-state index contributed by atoms with van der Waals surface area (Å²) in [7, 11) is 0. The predicted octanol–water partition coefficient (Wildman–Crippen LogP) is 4.53. The highest BCUT2D eigenvalue weighted by molar-refractivity contribution is 6.27. The molecule has 0 saturated carbocycles. The maximum atomic E-state index is 9.23. The van der Waals surface area contributed by atoms with Crippen molar-refractivity contribution in [3.63, 3.8) is 0 Å². The molecule has 3 aromatic rings. The summed E-state index contributed by atoms with van der Waals surface area (Å²) in [6, 6.07) is 32.1. The second-order valence-electron chi connectivity index (χ2n) is 9.36. The fourth-order valence-electron chi connectivity index (χ4n) is 5.50. The normalized spacial score (nSPS) is 21.9. The number of carboxylic acid groups (broad SMARTS) is 2. The van der Waals surface area contributed by atoms with Gasteiger partial charge in [0.1, 0.15) is 0 Å². The van der Waals surface area contributed by atoms with Crippen molar-refractivity contribution in [2.45, 2.75) is 37.5 Å². The molecule has 2 bridgehead atoms. The average molecular weight is 499 g/mol. The van der Waals surface area contributed by atoms with Gasteiger partial charge in [0, 0.05) is 12.0 Å². The minimum atomic E-state index is -1.82. The van der Waals surface area contributed by atoms with Crippen molar-refractivity contribution in [2.24, 2.45) is 5.92 Å². The number of hydrogen-bond donors (Lipinski definition) is 2. The van der Waals surface area contributed by atoms with E-state index in [-0.39, 0.29) is 12.0 Å². The molecule has 3 fully saturated rings. The zero-order chi connectivity index (χ0) is 26.2. The van der Waals surface area contributed by atoms with E-state index < -0.39 is 11.9 Å². The lowest BCUT2D eigenvalue weighted by molar-refractivity contribution is -0.159. The molecule has 2 atom stereocenters. The number of nitrogens with zero attached hydrogens (tertiary/aromatic N) is 2. The predicted molar refractivity (Wildman–Crippen MR) is 138 cm³/mol. The molecular weight excluding hydrogens is 468 g/mol. The number of hydrogen-bond acceptors (Lipinski definition) is 5. The van der Waals surface area contributed by atoms with Gasteiger partial charge in [0.2, 0.25) is 0 Å². The Hall–Kier alpha value is -3.99. The van der Waals surface area contributed by atoms with Crippen molar-refractivity contribution >= 4 is 11.9 Å². The fraction of sp³-hybridized carbons (Fsp3) is 0.300. The largest absolute Gasteiger partial charge is 0.473 e.